The van der Waals surface area contributed by atoms with Crippen molar-refractivity contribution in [3.05, 3.63) is 0 Å². The van der Waals surface area contributed by atoms with E-state index >= 15 is 0 Å². The molecule has 0 amide bonds. The summed E-state index contributed by atoms with van der Waals surface area (Å²) in [6, 6.07) is -0.429. The molecule has 0 rings (SSSR count). The standard InChI is InChI=1S/C7H13NO4/c8-5(4-7(11)12)2-1-3-6(9)10/h5H,1-4,8H2,(H,9,10)(H,11,12)/t5-/m0/s1. The van der Waals surface area contributed by atoms with Crippen LogP contribution in [0, 0.1) is 0 Å². The molecule has 70 valence electrons. The maximum absolute atomic E-state index is 10.1. The van der Waals surface area contributed by atoms with E-state index in [2.05, 4.69) is 0 Å². The van der Waals surface area contributed by atoms with Gasteiger partial charge in [0.15, 0.2) is 0 Å². The van der Waals surface area contributed by atoms with E-state index in [1.807, 2.05) is 0 Å². The molecule has 0 aliphatic rings. The molecule has 0 radical (unpaired) electrons. The van der Waals surface area contributed by atoms with Gasteiger partial charge in [-0.05, 0) is 12.8 Å². The van der Waals surface area contributed by atoms with Crippen molar-refractivity contribution in [2.75, 3.05) is 0 Å². The van der Waals surface area contributed by atoms with Crippen molar-refractivity contribution in [1.29, 1.82) is 0 Å². The SMILES string of the molecule is N[C@@H](CCCC(=O)O)CC(=O)O. The molecule has 0 bridgehead atoms. The third-order valence-electron chi connectivity index (χ3n) is 1.40. The summed E-state index contributed by atoms with van der Waals surface area (Å²) in [4.78, 5) is 20.2. The predicted molar refractivity (Wildman–Crippen MR) is 41.7 cm³/mol. The molecule has 0 aromatic heterocycles. The zero-order chi connectivity index (χ0) is 9.56. The third kappa shape index (κ3) is 7.01. The second-order valence-corrected chi connectivity index (χ2v) is 2.64. The van der Waals surface area contributed by atoms with Crippen molar-refractivity contribution in [3.8, 4) is 0 Å². The summed E-state index contributed by atoms with van der Waals surface area (Å²) in [5.74, 6) is -1.82. The minimum absolute atomic E-state index is 0.0489. The Morgan fingerprint density at radius 2 is 1.83 bits per heavy atom. The van der Waals surface area contributed by atoms with Gasteiger partial charge >= 0.3 is 11.9 Å². The van der Waals surface area contributed by atoms with Gasteiger partial charge in [-0.2, -0.15) is 0 Å². The van der Waals surface area contributed by atoms with Crippen LogP contribution in [0.5, 0.6) is 0 Å². The number of rotatable bonds is 6. The van der Waals surface area contributed by atoms with Crippen LogP contribution in [0.15, 0.2) is 0 Å². The molecule has 0 saturated heterocycles. The van der Waals surface area contributed by atoms with E-state index in [0.717, 1.165) is 0 Å². The molecule has 0 unspecified atom stereocenters. The Bertz CT molecular complexity index is 169. The lowest BCUT2D eigenvalue weighted by Crippen LogP contribution is -2.23. The Balaban J connectivity index is 3.37. The van der Waals surface area contributed by atoms with Crippen LogP contribution >= 0.6 is 0 Å². The van der Waals surface area contributed by atoms with Crippen LogP contribution in [0.2, 0.25) is 0 Å². The number of hydrogen-bond donors (Lipinski definition) is 3. The lowest BCUT2D eigenvalue weighted by atomic mass is 10.1. The van der Waals surface area contributed by atoms with Crippen molar-refractivity contribution >= 4 is 11.9 Å². The molecular weight excluding hydrogens is 162 g/mol. The maximum atomic E-state index is 10.1. The van der Waals surface area contributed by atoms with Crippen molar-refractivity contribution < 1.29 is 19.8 Å². The van der Waals surface area contributed by atoms with E-state index in [9.17, 15) is 9.59 Å². The summed E-state index contributed by atoms with van der Waals surface area (Å²) < 4.78 is 0. The number of carbonyl (C=O) groups is 2. The van der Waals surface area contributed by atoms with Crippen LogP contribution in [0.4, 0.5) is 0 Å². The van der Waals surface area contributed by atoms with Crippen molar-refractivity contribution in [1.82, 2.24) is 0 Å². The highest BCUT2D eigenvalue weighted by atomic mass is 16.4. The molecule has 0 fully saturated rings. The smallest absolute Gasteiger partial charge is 0.304 e. The quantitative estimate of drug-likeness (QED) is 0.529. The Hall–Kier alpha value is -1.10. The van der Waals surface area contributed by atoms with Crippen LogP contribution in [0.25, 0.3) is 0 Å². The lowest BCUT2D eigenvalue weighted by molar-refractivity contribution is -0.137. The lowest BCUT2D eigenvalue weighted by Gasteiger charge is -2.06. The van der Waals surface area contributed by atoms with Gasteiger partial charge in [0.05, 0.1) is 6.42 Å². The fourth-order valence-electron chi connectivity index (χ4n) is 0.842. The topological polar surface area (TPSA) is 101 Å². The fourth-order valence-corrected chi connectivity index (χ4v) is 0.842. The van der Waals surface area contributed by atoms with Gasteiger partial charge in [-0.25, -0.2) is 0 Å². The molecule has 5 heteroatoms. The molecule has 0 spiro atoms. The number of hydrogen-bond acceptors (Lipinski definition) is 3. The van der Waals surface area contributed by atoms with Gasteiger partial charge in [0, 0.05) is 12.5 Å². The molecule has 0 aromatic carbocycles. The Morgan fingerprint density at radius 3 is 2.25 bits per heavy atom. The minimum atomic E-state index is -0.946. The van der Waals surface area contributed by atoms with Gasteiger partial charge in [-0.3, -0.25) is 9.59 Å². The van der Waals surface area contributed by atoms with Gasteiger partial charge < -0.3 is 15.9 Å². The van der Waals surface area contributed by atoms with Crippen LogP contribution in [0.3, 0.4) is 0 Å². The molecule has 12 heavy (non-hydrogen) atoms. The van der Waals surface area contributed by atoms with E-state index in [0.29, 0.717) is 12.8 Å². The van der Waals surface area contributed by atoms with Crippen molar-refractivity contribution in [2.45, 2.75) is 31.7 Å². The van der Waals surface area contributed by atoms with Crippen LogP contribution in [-0.4, -0.2) is 28.2 Å². The molecule has 0 aromatic rings. The van der Waals surface area contributed by atoms with Gasteiger partial charge in [-0.15, -0.1) is 0 Å². The maximum Gasteiger partial charge on any atom is 0.304 e. The van der Waals surface area contributed by atoms with Gasteiger partial charge in [-0.1, -0.05) is 0 Å². The molecule has 0 aliphatic carbocycles. The van der Waals surface area contributed by atoms with Gasteiger partial charge in [0.1, 0.15) is 0 Å². The monoisotopic (exact) mass is 175 g/mol. The average Bonchev–Trinajstić information content (AvgIpc) is 1.84. The highest BCUT2D eigenvalue weighted by Crippen LogP contribution is 2.01. The second kappa shape index (κ2) is 5.54. The molecular formula is C7H13NO4. The van der Waals surface area contributed by atoms with E-state index in [1.165, 1.54) is 0 Å². The van der Waals surface area contributed by atoms with Crippen LogP contribution in [0.1, 0.15) is 25.7 Å². The zero-order valence-electron chi connectivity index (χ0n) is 6.69. The van der Waals surface area contributed by atoms with Crippen molar-refractivity contribution in [3.63, 3.8) is 0 Å². The Labute approximate surface area is 70.2 Å². The number of carboxylic acids is 2. The zero-order valence-corrected chi connectivity index (χ0v) is 6.69. The predicted octanol–water partition coefficient (Wildman–Crippen LogP) is 0.0433. The fraction of sp³-hybridized carbons (Fsp3) is 0.714. The van der Waals surface area contributed by atoms with Crippen LogP contribution in [-0.2, 0) is 9.59 Å². The highest BCUT2D eigenvalue weighted by Gasteiger charge is 2.08. The first kappa shape index (κ1) is 10.9. The number of carboxylic acid groups (broad SMARTS) is 2. The minimum Gasteiger partial charge on any atom is -0.481 e. The normalized spacial score (nSPS) is 12.4. The van der Waals surface area contributed by atoms with E-state index in [1.54, 1.807) is 0 Å². The average molecular weight is 175 g/mol. The summed E-state index contributed by atoms with van der Waals surface area (Å²) in [5.41, 5.74) is 5.39. The second-order valence-electron chi connectivity index (χ2n) is 2.64. The van der Waals surface area contributed by atoms with E-state index in [4.69, 9.17) is 15.9 Å². The molecule has 4 N–H and O–H groups in total. The summed E-state index contributed by atoms with van der Waals surface area (Å²) in [6.07, 6.45) is 0.829. The number of nitrogens with two attached hydrogens (primary N) is 1. The van der Waals surface area contributed by atoms with Crippen LogP contribution < -0.4 is 5.73 Å². The summed E-state index contributed by atoms with van der Waals surface area (Å²) in [6.45, 7) is 0. The van der Waals surface area contributed by atoms with E-state index in [-0.39, 0.29) is 12.8 Å². The third-order valence-corrected chi connectivity index (χ3v) is 1.40. The van der Waals surface area contributed by atoms with E-state index < -0.39 is 18.0 Å². The molecule has 1 atom stereocenters. The van der Waals surface area contributed by atoms with Gasteiger partial charge in [0.25, 0.3) is 0 Å². The largest absolute Gasteiger partial charge is 0.481 e. The first-order chi connectivity index (χ1) is 5.52. The molecule has 0 aliphatic heterocycles. The summed E-state index contributed by atoms with van der Waals surface area (Å²) in [7, 11) is 0. The van der Waals surface area contributed by atoms with Crippen molar-refractivity contribution in [2.24, 2.45) is 5.73 Å². The Kier molecular flexibility index (Phi) is 5.03. The molecule has 5 nitrogen and oxygen atoms in total. The summed E-state index contributed by atoms with van der Waals surface area (Å²) >= 11 is 0. The first-order valence-corrected chi connectivity index (χ1v) is 3.71. The summed E-state index contributed by atoms with van der Waals surface area (Å²) in [5, 5.41) is 16.5. The first-order valence-electron chi connectivity index (χ1n) is 3.71. The molecule has 0 saturated carbocycles. The van der Waals surface area contributed by atoms with Gasteiger partial charge in [0.2, 0.25) is 0 Å². The number of aliphatic carboxylic acids is 2. The molecule has 0 heterocycles. The Morgan fingerprint density at radius 1 is 1.25 bits per heavy atom. The highest BCUT2D eigenvalue weighted by molar-refractivity contribution is 5.67.